The molecule has 0 saturated heterocycles. The Kier molecular flexibility index (Phi) is 5.96. The molecule has 1 aliphatic rings. The fourth-order valence-electron chi connectivity index (χ4n) is 3.00. The first-order valence-electron chi connectivity index (χ1n) is 8.20. The van der Waals surface area contributed by atoms with Gasteiger partial charge in [0, 0.05) is 30.4 Å². The predicted molar refractivity (Wildman–Crippen MR) is 83.6 cm³/mol. The van der Waals surface area contributed by atoms with Gasteiger partial charge in [0.2, 0.25) is 0 Å². The van der Waals surface area contributed by atoms with Gasteiger partial charge in [-0.2, -0.15) is 0 Å². The van der Waals surface area contributed by atoms with Crippen molar-refractivity contribution < 1.29 is 0 Å². The van der Waals surface area contributed by atoms with Crippen molar-refractivity contribution in [3.8, 4) is 0 Å². The van der Waals surface area contributed by atoms with Gasteiger partial charge < -0.3 is 5.32 Å². The molecule has 1 aromatic rings. The Morgan fingerprint density at radius 3 is 2.35 bits per heavy atom. The summed E-state index contributed by atoms with van der Waals surface area (Å²) >= 11 is 0. The van der Waals surface area contributed by atoms with Crippen molar-refractivity contribution in [2.24, 2.45) is 11.8 Å². The fourth-order valence-corrected chi connectivity index (χ4v) is 3.00. The van der Waals surface area contributed by atoms with Gasteiger partial charge >= 0.3 is 0 Å². The van der Waals surface area contributed by atoms with E-state index in [0.717, 1.165) is 24.8 Å². The first kappa shape index (κ1) is 15.4. The Morgan fingerprint density at radius 1 is 1.15 bits per heavy atom. The minimum Gasteiger partial charge on any atom is -0.312 e. The minimum atomic E-state index is 0.593. The van der Waals surface area contributed by atoms with Crippen molar-refractivity contribution in [1.29, 1.82) is 0 Å². The van der Waals surface area contributed by atoms with Crippen LogP contribution in [0.3, 0.4) is 0 Å². The standard InChI is InChI=1S/C17H29N3/c1-4-14-5-7-16(8-6-14)17-19-11-15(12-20-17)10-18-9-13(2)3/h11-14,16,18H,4-10H2,1-3H3. The highest BCUT2D eigenvalue weighted by Crippen LogP contribution is 2.35. The molecule has 0 spiro atoms. The summed E-state index contributed by atoms with van der Waals surface area (Å²) in [5.41, 5.74) is 1.19. The first-order chi connectivity index (χ1) is 9.69. The maximum Gasteiger partial charge on any atom is 0.131 e. The lowest BCUT2D eigenvalue weighted by atomic mass is 9.80. The fraction of sp³-hybridized carbons (Fsp3) is 0.765. The molecule has 1 aromatic heterocycles. The summed E-state index contributed by atoms with van der Waals surface area (Å²) in [6.45, 7) is 8.67. The molecule has 3 nitrogen and oxygen atoms in total. The minimum absolute atomic E-state index is 0.593. The van der Waals surface area contributed by atoms with Crippen LogP contribution in [0.25, 0.3) is 0 Å². The van der Waals surface area contributed by atoms with Crippen LogP contribution in [0.1, 0.15) is 70.2 Å². The van der Waals surface area contributed by atoms with Crippen LogP contribution in [-0.2, 0) is 6.54 Å². The normalized spacial score (nSPS) is 23.2. The van der Waals surface area contributed by atoms with Gasteiger partial charge in [-0.15, -0.1) is 0 Å². The number of aromatic nitrogens is 2. The van der Waals surface area contributed by atoms with Crippen LogP contribution >= 0.6 is 0 Å². The smallest absolute Gasteiger partial charge is 0.131 e. The summed E-state index contributed by atoms with van der Waals surface area (Å²) in [6, 6.07) is 0. The quantitative estimate of drug-likeness (QED) is 0.855. The lowest BCUT2D eigenvalue weighted by Crippen LogP contribution is -2.19. The molecular formula is C17H29N3. The third-order valence-electron chi connectivity index (χ3n) is 4.40. The molecule has 0 atom stereocenters. The number of nitrogens with zero attached hydrogens (tertiary/aromatic N) is 2. The first-order valence-corrected chi connectivity index (χ1v) is 8.20. The van der Waals surface area contributed by atoms with Gasteiger partial charge in [-0.05, 0) is 44.1 Å². The molecule has 1 aliphatic carbocycles. The molecule has 1 fully saturated rings. The summed E-state index contributed by atoms with van der Waals surface area (Å²) in [7, 11) is 0. The highest BCUT2D eigenvalue weighted by Gasteiger charge is 2.22. The molecule has 1 N–H and O–H groups in total. The Hall–Kier alpha value is -0.960. The molecule has 112 valence electrons. The van der Waals surface area contributed by atoms with Gasteiger partial charge in [0.15, 0.2) is 0 Å². The average Bonchev–Trinajstić information content (AvgIpc) is 2.48. The van der Waals surface area contributed by atoms with Crippen molar-refractivity contribution >= 4 is 0 Å². The van der Waals surface area contributed by atoms with Crippen LogP contribution in [0.2, 0.25) is 0 Å². The Balaban J connectivity index is 1.82. The highest BCUT2D eigenvalue weighted by atomic mass is 14.9. The molecule has 2 rings (SSSR count). The van der Waals surface area contributed by atoms with Crippen molar-refractivity contribution in [2.45, 2.75) is 65.3 Å². The van der Waals surface area contributed by atoms with E-state index >= 15 is 0 Å². The second-order valence-corrected chi connectivity index (χ2v) is 6.60. The topological polar surface area (TPSA) is 37.8 Å². The molecule has 20 heavy (non-hydrogen) atoms. The molecule has 0 amide bonds. The Morgan fingerprint density at radius 2 is 1.80 bits per heavy atom. The van der Waals surface area contributed by atoms with Gasteiger partial charge in [0.1, 0.15) is 5.82 Å². The van der Waals surface area contributed by atoms with Crippen LogP contribution in [0.5, 0.6) is 0 Å². The molecule has 0 aliphatic heterocycles. The summed E-state index contributed by atoms with van der Waals surface area (Å²) < 4.78 is 0. The lowest BCUT2D eigenvalue weighted by Gasteiger charge is -2.26. The molecular weight excluding hydrogens is 246 g/mol. The van der Waals surface area contributed by atoms with Gasteiger partial charge in [0.25, 0.3) is 0 Å². The zero-order valence-corrected chi connectivity index (χ0v) is 13.2. The lowest BCUT2D eigenvalue weighted by molar-refractivity contribution is 0.312. The number of hydrogen-bond donors (Lipinski definition) is 1. The predicted octanol–water partition coefficient (Wildman–Crippen LogP) is 3.91. The zero-order chi connectivity index (χ0) is 14.4. The average molecular weight is 275 g/mol. The molecule has 0 bridgehead atoms. The number of hydrogen-bond acceptors (Lipinski definition) is 3. The van der Waals surface area contributed by atoms with Crippen molar-refractivity contribution in [3.63, 3.8) is 0 Å². The highest BCUT2D eigenvalue weighted by molar-refractivity contribution is 5.08. The summed E-state index contributed by atoms with van der Waals surface area (Å²) in [4.78, 5) is 9.20. The largest absolute Gasteiger partial charge is 0.312 e. The van der Waals surface area contributed by atoms with E-state index in [1.807, 2.05) is 12.4 Å². The zero-order valence-electron chi connectivity index (χ0n) is 13.2. The van der Waals surface area contributed by atoms with E-state index in [-0.39, 0.29) is 0 Å². The van der Waals surface area contributed by atoms with E-state index < -0.39 is 0 Å². The summed E-state index contributed by atoms with van der Waals surface area (Å²) in [5, 5.41) is 3.43. The number of nitrogens with one attached hydrogen (secondary N) is 1. The number of rotatable bonds is 6. The van der Waals surface area contributed by atoms with Crippen LogP contribution in [0, 0.1) is 11.8 Å². The van der Waals surface area contributed by atoms with Crippen LogP contribution < -0.4 is 5.32 Å². The van der Waals surface area contributed by atoms with Gasteiger partial charge in [-0.25, -0.2) is 9.97 Å². The van der Waals surface area contributed by atoms with E-state index in [9.17, 15) is 0 Å². The molecule has 0 aromatic carbocycles. The van der Waals surface area contributed by atoms with Gasteiger partial charge in [0.05, 0.1) is 0 Å². The molecule has 0 unspecified atom stereocenters. The Bertz CT molecular complexity index is 378. The van der Waals surface area contributed by atoms with Crippen molar-refractivity contribution in [3.05, 3.63) is 23.8 Å². The van der Waals surface area contributed by atoms with E-state index in [2.05, 4.69) is 36.1 Å². The summed E-state index contributed by atoms with van der Waals surface area (Å²) in [5.74, 6) is 3.28. The maximum atomic E-state index is 4.60. The van der Waals surface area contributed by atoms with E-state index in [0.29, 0.717) is 11.8 Å². The molecule has 1 saturated carbocycles. The van der Waals surface area contributed by atoms with Crippen LogP contribution in [0.4, 0.5) is 0 Å². The van der Waals surface area contributed by atoms with E-state index in [4.69, 9.17) is 0 Å². The van der Waals surface area contributed by atoms with E-state index in [1.165, 1.54) is 37.7 Å². The monoisotopic (exact) mass is 275 g/mol. The second kappa shape index (κ2) is 7.72. The summed E-state index contributed by atoms with van der Waals surface area (Å²) in [6.07, 6.45) is 10.6. The van der Waals surface area contributed by atoms with Gasteiger partial charge in [-0.1, -0.05) is 27.2 Å². The maximum absolute atomic E-state index is 4.60. The Labute approximate surface area is 123 Å². The van der Waals surface area contributed by atoms with E-state index in [1.54, 1.807) is 0 Å². The van der Waals surface area contributed by atoms with Crippen molar-refractivity contribution in [1.82, 2.24) is 15.3 Å². The van der Waals surface area contributed by atoms with Crippen LogP contribution in [0.15, 0.2) is 12.4 Å². The third-order valence-corrected chi connectivity index (χ3v) is 4.40. The molecule has 3 heteroatoms. The van der Waals surface area contributed by atoms with Crippen molar-refractivity contribution in [2.75, 3.05) is 6.54 Å². The van der Waals surface area contributed by atoms with Gasteiger partial charge in [-0.3, -0.25) is 0 Å². The second-order valence-electron chi connectivity index (χ2n) is 6.60. The SMILES string of the molecule is CCC1CCC(c2ncc(CNCC(C)C)cn2)CC1. The third kappa shape index (κ3) is 4.55. The van der Waals surface area contributed by atoms with Crippen LogP contribution in [-0.4, -0.2) is 16.5 Å². The molecule has 0 radical (unpaired) electrons. The molecule has 1 heterocycles.